The van der Waals surface area contributed by atoms with Crippen LogP contribution in [-0.2, 0) is 18.4 Å². The molecule has 3 N–H and O–H groups in total. The molecule has 3 atom stereocenters. The Bertz CT molecular complexity index is 1390. The number of aliphatic hydroxyl groups excluding tert-OH is 1. The molecule has 8 nitrogen and oxygen atoms in total. The van der Waals surface area contributed by atoms with Gasteiger partial charge in [-0.25, -0.2) is 4.57 Å². The number of hydrogen-bond acceptors (Lipinski definition) is 5. The molecule has 0 aliphatic carbocycles. The Morgan fingerprint density at radius 1 is 0.473 bits per heavy atom. The van der Waals surface area contributed by atoms with Crippen molar-refractivity contribution in [2.75, 3.05) is 40.9 Å². The summed E-state index contributed by atoms with van der Waals surface area (Å²) in [6, 6.07) is -0.846. The van der Waals surface area contributed by atoms with Crippen LogP contribution in [-0.4, -0.2) is 73.4 Å². The molecule has 1 amide bonds. The number of amides is 1. The van der Waals surface area contributed by atoms with Crippen molar-refractivity contribution in [1.29, 1.82) is 0 Å². The van der Waals surface area contributed by atoms with E-state index in [1.807, 2.05) is 27.2 Å². The van der Waals surface area contributed by atoms with Crippen molar-refractivity contribution in [1.82, 2.24) is 5.32 Å². The number of hydrogen-bond donors (Lipinski definition) is 3. The Morgan fingerprint density at radius 2 is 0.811 bits per heavy atom. The number of nitrogens with one attached hydrogen (secondary N) is 1. The first-order valence-corrected chi connectivity index (χ1v) is 33.2. The third-order valence-electron chi connectivity index (χ3n) is 14.2. The molecule has 0 aliphatic rings. The van der Waals surface area contributed by atoms with E-state index < -0.39 is 20.0 Å². The Labute approximate surface area is 460 Å². The monoisotopic (exact) mass is 1060 g/mol. The normalized spacial score (nSPS) is 14.2. The summed E-state index contributed by atoms with van der Waals surface area (Å²) in [5.41, 5.74) is 0. The van der Waals surface area contributed by atoms with Crippen LogP contribution in [0.1, 0.15) is 296 Å². The van der Waals surface area contributed by atoms with Crippen LogP contribution in [0.3, 0.4) is 0 Å². The minimum absolute atomic E-state index is 0.0624. The summed E-state index contributed by atoms with van der Waals surface area (Å²) >= 11 is 0. The van der Waals surface area contributed by atoms with Crippen molar-refractivity contribution in [2.24, 2.45) is 0 Å². The molecule has 0 aromatic carbocycles. The number of phosphoric ester groups is 1. The maximum absolute atomic E-state index is 13.0. The molecule has 9 heteroatoms. The molecule has 0 heterocycles. The van der Waals surface area contributed by atoms with Crippen LogP contribution >= 0.6 is 7.82 Å². The number of carbonyl (C=O) groups is 1. The molecule has 0 aromatic heterocycles. The first-order chi connectivity index (χ1) is 36.0. The minimum atomic E-state index is -4.35. The van der Waals surface area contributed by atoms with Gasteiger partial charge in [-0.15, -0.1) is 0 Å². The van der Waals surface area contributed by atoms with E-state index in [0.717, 1.165) is 64.2 Å². The average molecular weight is 1060 g/mol. The minimum Gasteiger partial charge on any atom is -0.387 e. The van der Waals surface area contributed by atoms with Crippen molar-refractivity contribution in [3.63, 3.8) is 0 Å². The first kappa shape index (κ1) is 72.2. The number of unbranched alkanes of at least 4 members (excludes halogenated alkanes) is 37. The van der Waals surface area contributed by atoms with Gasteiger partial charge in [0.25, 0.3) is 0 Å². The molecule has 0 aliphatic heterocycles. The van der Waals surface area contributed by atoms with Crippen LogP contribution in [0.15, 0.2) is 60.8 Å². The van der Waals surface area contributed by atoms with Gasteiger partial charge in [-0.2, -0.15) is 0 Å². The van der Waals surface area contributed by atoms with Crippen LogP contribution in [0.4, 0.5) is 0 Å². The van der Waals surface area contributed by atoms with E-state index >= 15 is 0 Å². The van der Waals surface area contributed by atoms with Gasteiger partial charge in [-0.1, -0.05) is 293 Å². The topological polar surface area (TPSA) is 105 Å². The van der Waals surface area contributed by atoms with Crippen molar-refractivity contribution < 1.29 is 32.9 Å². The summed E-state index contributed by atoms with van der Waals surface area (Å²) in [5, 5.41) is 14.0. The van der Waals surface area contributed by atoms with Gasteiger partial charge in [0.15, 0.2) is 0 Å². The van der Waals surface area contributed by atoms with Gasteiger partial charge < -0.3 is 19.8 Å². The van der Waals surface area contributed by atoms with E-state index in [2.05, 4.69) is 67.8 Å². The Hall–Kier alpha value is -1.80. The van der Waals surface area contributed by atoms with Gasteiger partial charge in [0.2, 0.25) is 5.91 Å². The third kappa shape index (κ3) is 57.9. The Morgan fingerprint density at radius 3 is 1.19 bits per heavy atom. The molecule has 74 heavy (non-hydrogen) atoms. The highest BCUT2D eigenvalue weighted by Crippen LogP contribution is 2.43. The zero-order valence-corrected chi connectivity index (χ0v) is 50.5. The van der Waals surface area contributed by atoms with E-state index in [9.17, 15) is 19.4 Å². The second-order valence-corrected chi connectivity index (χ2v) is 24.2. The first-order valence-electron chi connectivity index (χ1n) is 31.7. The predicted octanol–water partition coefficient (Wildman–Crippen LogP) is 19.7. The molecule has 0 bridgehead atoms. The Kier molecular flexibility index (Phi) is 54.6. The van der Waals surface area contributed by atoms with Crippen molar-refractivity contribution in [2.45, 2.75) is 309 Å². The summed E-state index contributed by atoms with van der Waals surface area (Å²) in [7, 11) is 1.58. The number of rotatable bonds is 58. The van der Waals surface area contributed by atoms with Crippen LogP contribution in [0.2, 0.25) is 0 Å². The standard InChI is InChI=1S/C65H123N2O6P/c1-6-8-10-12-14-16-18-20-22-24-25-26-27-28-29-30-31-32-33-34-35-36-37-38-39-40-41-43-45-47-49-51-53-55-57-59-65(69)66-63(62-73-74(70,71)72-61-60-67(3,4)5)64(68)58-56-54-52-50-48-46-44-42-23-21-19-17-15-13-11-9-7-2/h8,10,14,16,20,22,25-26,56,58,63-64,68H,6-7,9,11-13,15,17-19,21,23-24,27-55,57,59-62H2,1-5H3,(H-,66,69,70,71)/p+1/b10-8-,16-14-,22-20-,26-25-,58-56+. The maximum atomic E-state index is 13.0. The van der Waals surface area contributed by atoms with Crippen LogP contribution in [0.5, 0.6) is 0 Å². The molecule has 0 aromatic rings. The quantitative estimate of drug-likeness (QED) is 0.0243. The van der Waals surface area contributed by atoms with Gasteiger partial charge in [-0.05, 0) is 57.8 Å². The van der Waals surface area contributed by atoms with Crippen molar-refractivity contribution in [3.8, 4) is 0 Å². The molecular weight excluding hydrogens is 936 g/mol. The lowest BCUT2D eigenvalue weighted by atomic mass is 10.0. The lowest BCUT2D eigenvalue weighted by Gasteiger charge is -2.25. The number of allylic oxidation sites excluding steroid dienone is 9. The van der Waals surface area contributed by atoms with Gasteiger partial charge in [-0.3, -0.25) is 13.8 Å². The summed E-state index contributed by atoms with van der Waals surface area (Å²) in [4.78, 5) is 23.3. The van der Waals surface area contributed by atoms with E-state index in [-0.39, 0.29) is 19.1 Å². The average Bonchev–Trinajstić information content (AvgIpc) is 3.36. The van der Waals surface area contributed by atoms with Crippen molar-refractivity contribution >= 4 is 13.7 Å². The van der Waals surface area contributed by atoms with Gasteiger partial charge >= 0.3 is 7.82 Å². The lowest BCUT2D eigenvalue weighted by molar-refractivity contribution is -0.870. The number of carbonyl (C=O) groups excluding carboxylic acids is 1. The molecule has 3 unspecified atom stereocenters. The molecule has 0 rings (SSSR count). The second kappa shape index (κ2) is 55.9. The molecule has 0 fully saturated rings. The molecule has 434 valence electrons. The van der Waals surface area contributed by atoms with E-state index in [1.54, 1.807) is 6.08 Å². The van der Waals surface area contributed by atoms with Crippen LogP contribution in [0.25, 0.3) is 0 Å². The van der Waals surface area contributed by atoms with Crippen LogP contribution < -0.4 is 5.32 Å². The lowest BCUT2D eigenvalue weighted by Crippen LogP contribution is -2.45. The van der Waals surface area contributed by atoms with E-state index in [4.69, 9.17) is 9.05 Å². The zero-order valence-electron chi connectivity index (χ0n) is 49.6. The summed E-state index contributed by atoms with van der Waals surface area (Å²) in [6.45, 7) is 4.74. The second-order valence-electron chi connectivity index (χ2n) is 22.8. The highest BCUT2D eigenvalue weighted by Gasteiger charge is 2.27. The van der Waals surface area contributed by atoms with Gasteiger partial charge in [0, 0.05) is 6.42 Å². The van der Waals surface area contributed by atoms with E-state index in [1.165, 1.54) is 212 Å². The molecule has 0 saturated heterocycles. The third-order valence-corrected chi connectivity index (χ3v) is 15.2. The van der Waals surface area contributed by atoms with Crippen LogP contribution in [0, 0.1) is 0 Å². The molecular formula is C65H124N2O6P+. The smallest absolute Gasteiger partial charge is 0.387 e. The number of quaternary nitrogens is 1. The number of phosphoric acid groups is 1. The summed E-state index contributed by atoms with van der Waals surface area (Å²) < 4.78 is 23.7. The predicted molar refractivity (Wildman–Crippen MR) is 323 cm³/mol. The Balaban J connectivity index is 4.00. The SMILES string of the molecule is CC/C=C\C/C=C\C/C=C\C/C=C\CCCCCCCCCCCCCCCCCCCCCCCCC(=O)NC(COP(=O)(O)OCC[N+](C)(C)C)C(O)/C=C/CCCCCCCCCCCCCCCCC. The summed E-state index contributed by atoms with van der Waals surface area (Å²) in [6.07, 6.45) is 76.3. The highest BCUT2D eigenvalue weighted by molar-refractivity contribution is 7.47. The fourth-order valence-corrected chi connectivity index (χ4v) is 10.1. The summed E-state index contributed by atoms with van der Waals surface area (Å²) in [5.74, 6) is -0.173. The zero-order chi connectivity index (χ0) is 54.2. The highest BCUT2D eigenvalue weighted by atomic mass is 31.2. The fraction of sp³-hybridized carbons (Fsp3) is 0.831. The van der Waals surface area contributed by atoms with Gasteiger partial charge in [0.05, 0.1) is 39.9 Å². The largest absolute Gasteiger partial charge is 0.472 e. The number of aliphatic hydroxyl groups is 1. The number of likely N-dealkylation sites (N-methyl/N-ethyl adjacent to an activating group) is 1. The van der Waals surface area contributed by atoms with Crippen molar-refractivity contribution in [3.05, 3.63) is 60.8 Å². The molecule has 0 saturated carbocycles. The van der Waals surface area contributed by atoms with Gasteiger partial charge in [0.1, 0.15) is 13.2 Å². The molecule has 0 spiro atoms. The fourth-order valence-electron chi connectivity index (χ4n) is 9.33. The maximum Gasteiger partial charge on any atom is 0.472 e. The number of nitrogens with zero attached hydrogens (tertiary/aromatic N) is 1. The van der Waals surface area contributed by atoms with E-state index in [0.29, 0.717) is 17.4 Å². The molecule has 0 radical (unpaired) electrons.